The van der Waals surface area contributed by atoms with Crippen LogP contribution in [-0.4, -0.2) is 23.8 Å². The zero-order valence-electron chi connectivity index (χ0n) is 9.07. The van der Waals surface area contributed by atoms with Crippen molar-refractivity contribution in [1.82, 2.24) is 9.55 Å². The molecule has 0 N–H and O–H groups in total. The zero-order chi connectivity index (χ0) is 10.8. The summed E-state index contributed by atoms with van der Waals surface area (Å²) in [7, 11) is 3.24. The van der Waals surface area contributed by atoms with Crippen LogP contribution in [-0.2, 0) is 6.54 Å². The Hall–Kier alpha value is -1.71. The van der Waals surface area contributed by atoms with Crippen LogP contribution in [0.25, 0.3) is 11.0 Å². The van der Waals surface area contributed by atoms with Gasteiger partial charge in [0.2, 0.25) is 0 Å². The van der Waals surface area contributed by atoms with Crippen molar-refractivity contribution in [3.05, 3.63) is 18.5 Å². The lowest BCUT2D eigenvalue weighted by Gasteiger charge is -2.07. The number of rotatable bonds is 3. The molecule has 4 nitrogen and oxygen atoms in total. The number of aromatic nitrogens is 2. The number of imidazole rings is 1. The number of aryl methyl sites for hydroxylation is 1. The Morgan fingerprint density at radius 3 is 2.53 bits per heavy atom. The molecule has 1 aromatic heterocycles. The average Bonchev–Trinajstić information content (AvgIpc) is 2.68. The number of hydrogen-bond donors (Lipinski definition) is 0. The Bertz CT molecular complexity index is 477. The maximum absolute atomic E-state index is 5.23. The van der Waals surface area contributed by atoms with E-state index in [1.165, 1.54) is 0 Å². The molecule has 0 aliphatic heterocycles. The molecule has 15 heavy (non-hydrogen) atoms. The molecule has 0 fully saturated rings. The Labute approximate surface area is 88.4 Å². The van der Waals surface area contributed by atoms with Gasteiger partial charge in [0.15, 0.2) is 17.8 Å². The molecule has 0 unspecified atom stereocenters. The fourth-order valence-corrected chi connectivity index (χ4v) is 1.57. The van der Waals surface area contributed by atoms with Gasteiger partial charge in [-0.1, -0.05) is 0 Å². The third kappa shape index (κ3) is 1.52. The molecule has 0 saturated carbocycles. The van der Waals surface area contributed by atoms with E-state index in [0.29, 0.717) is 11.5 Å². The first kappa shape index (κ1) is 9.83. The third-order valence-electron chi connectivity index (χ3n) is 2.38. The molecule has 2 rings (SSSR count). The Kier molecular flexibility index (Phi) is 2.49. The standard InChI is InChI=1S/C11H13N2O2/c1-4-13-7-12-8-5-10(14-2)11(15-3)6-9(8)13/h5-6H,4H2,1-3H3. The molecule has 0 saturated heterocycles. The van der Waals surface area contributed by atoms with Gasteiger partial charge in [0, 0.05) is 18.7 Å². The summed E-state index contributed by atoms with van der Waals surface area (Å²) < 4.78 is 12.4. The normalized spacial score (nSPS) is 10.6. The number of benzene rings is 1. The van der Waals surface area contributed by atoms with Crippen molar-refractivity contribution in [2.45, 2.75) is 13.5 Å². The lowest BCUT2D eigenvalue weighted by molar-refractivity contribution is 0.355. The summed E-state index contributed by atoms with van der Waals surface area (Å²) in [6.45, 7) is 2.89. The number of nitrogens with zero attached hydrogens (tertiary/aromatic N) is 2. The SMILES string of the molecule is CCn1[c]nc2cc(OC)c(OC)cc21. The van der Waals surface area contributed by atoms with Gasteiger partial charge in [-0.2, -0.15) is 0 Å². The lowest BCUT2D eigenvalue weighted by Crippen LogP contribution is -1.94. The van der Waals surface area contributed by atoms with Gasteiger partial charge in [0.1, 0.15) is 0 Å². The monoisotopic (exact) mass is 205 g/mol. The molecule has 0 atom stereocenters. The second kappa shape index (κ2) is 3.81. The van der Waals surface area contributed by atoms with Crippen LogP contribution in [0.15, 0.2) is 12.1 Å². The fraction of sp³-hybridized carbons (Fsp3) is 0.364. The van der Waals surface area contributed by atoms with Crippen LogP contribution in [0.3, 0.4) is 0 Å². The Balaban J connectivity index is 2.66. The van der Waals surface area contributed by atoms with Crippen LogP contribution < -0.4 is 9.47 Å². The Morgan fingerprint density at radius 2 is 1.93 bits per heavy atom. The summed E-state index contributed by atoms with van der Waals surface area (Å²) in [4.78, 5) is 4.18. The molecule has 4 heteroatoms. The van der Waals surface area contributed by atoms with Crippen molar-refractivity contribution in [2.24, 2.45) is 0 Å². The number of ether oxygens (including phenoxy) is 2. The highest BCUT2D eigenvalue weighted by Crippen LogP contribution is 2.31. The summed E-state index contributed by atoms with van der Waals surface area (Å²) >= 11 is 0. The topological polar surface area (TPSA) is 36.3 Å². The highest BCUT2D eigenvalue weighted by Gasteiger charge is 2.09. The van der Waals surface area contributed by atoms with Crippen molar-refractivity contribution in [3.63, 3.8) is 0 Å². The lowest BCUT2D eigenvalue weighted by atomic mass is 10.2. The van der Waals surface area contributed by atoms with E-state index in [2.05, 4.69) is 11.3 Å². The van der Waals surface area contributed by atoms with Gasteiger partial charge >= 0.3 is 0 Å². The molecular weight excluding hydrogens is 192 g/mol. The van der Waals surface area contributed by atoms with Crippen LogP contribution in [0.2, 0.25) is 0 Å². The van der Waals surface area contributed by atoms with Gasteiger partial charge < -0.3 is 14.0 Å². The smallest absolute Gasteiger partial charge is 0.177 e. The first-order valence-corrected chi connectivity index (χ1v) is 4.80. The maximum atomic E-state index is 5.23. The fourth-order valence-electron chi connectivity index (χ4n) is 1.57. The molecule has 0 spiro atoms. The van der Waals surface area contributed by atoms with Crippen molar-refractivity contribution >= 4 is 11.0 Å². The molecule has 0 bridgehead atoms. The van der Waals surface area contributed by atoms with Gasteiger partial charge in [-0.25, -0.2) is 4.98 Å². The summed E-state index contributed by atoms with van der Waals surface area (Å²) in [5.41, 5.74) is 1.88. The van der Waals surface area contributed by atoms with Gasteiger partial charge in [-0.05, 0) is 6.92 Å². The van der Waals surface area contributed by atoms with Crippen molar-refractivity contribution in [2.75, 3.05) is 14.2 Å². The van der Waals surface area contributed by atoms with Gasteiger partial charge in [-0.15, -0.1) is 0 Å². The molecule has 0 amide bonds. The molecular formula is C11H13N2O2. The number of hydrogen-bond acceptors (Lipinski definition) is 3. The molecule has 1 aromatic carbocycles. The van der Waals surface area contributed by atoms with Crippen molar-refractivity contribution in [1.29, 1.82) is 0 Å². The quantitative estimate of drug-likeness (QED) is 0.767. The summed E-state index contributed by atoms with van der Waals surface area (Å²) in [5, 5.41) is 0. The number of fused-ring (bicyclic) bond motifs is 1. The minimum absolute atomic E-state index is 0.694. The van der Waals surface area contributed by atoms with Crippen molar-refractivity contribution < 1.29 is 9.47 Å². The molecule has 0 aliphatic rings. The van der Waals surface area contributed by atoms with Crippen LogP contribution in [0.4, 0.5) is 0 Å². The number of methoxy groups -OCH3 is 2. The molecule has 1 radical (unpaired) electrons. The van der Waals surface area contributed by atoms with Crippen LogP contribution in [0.5, 0.6) is 11.5 Å². The van der Waals surface area contributed by atoms with E-state index in [0.717, 1.165) is 17.6 Å². The maximum Gasteiger partial charge on any atom is 0.177 e. The first-order chi connectivity index (χ1) is 7.30. The summed E-state index contributed by atoms with van der Waals surface area (Å²) in [5.74, 6) is 1.41. The van der Waals surface area contributed by atoms with Crippen molar-refractivity contribution in [3.8, 4) is 11.5 Å². The zero-order valence-corrected chi connectivity index (χ0v) is 9.07. The molecule has 1 heterocycles. The summed E-state index contributed by atoms with van der Waals surface area (Å²) in [6, 6.07) is 3.78. The second-order valence-corrected chi connectivity index (χ2v) is 3.15. The van der Waals surface area contributed by atoms with Gasteiger partial charge in [-0.3, -0.25) is 0 Å². The first-order valence-electron chi connectivity index (χ1n) is 4.80. The van der Waals surface area contributed by atoms with Gasteiger partial charge in [0.25, 0.3) is 0 Å². The largest absolute Gasteiger partial charge is 0.493 e. The minimum Gasteiger partial charge on any atom is -0.493 e. The highest BCUT2D eigenvalue weighted by molar-refractivity contribution is 5.79. The summed E-state index contributed by atoms with van der Waals surface area (Å²) in [6.07, 6.45) is 2.92. The van der Waals surface area contributed by atoms with Crippen LogP contribution >= 0.6 is 0 Å². The predicted octanol–water partition coefficient (Wildman–Crippen LogP) is 1.87. The predicted molar refractivity (Wildman–Crippen MR) is 57.3 cm³/mol. The Morgan fingerprint density at radius 1 is 1.27 bits per heavy atom. The molecule has 79 valence electrons. The van der Waals surface area contributed by atoms with Crippen LogP contribution in [0.1, 0.15) is 6.92 Å². The molecule has 0 aliphatic carbocycles. The van der Waals surface area contributed by atoms with E-state index in [-0.39, 0.29) is 0 Å². The minimum atomic E-state index is 0.694. The second-order valence-electron chi connectivity index (χ2n) is 3.15. The highest BCUT2D eigenvalue weighted by atomic mass is 16.5. The molecule has 2 aromatic rings. The van der Waals surface area contributed by atoms with E-state index in [1.807, 2.05) is 23.6 Å². The average molecular weight is 205 g/mol. The van der Waals surface area contributed by atoms with E-state index in [1.54, 1.807) is 14.2 Å². The van der Waals surface area contributed by atoms with E-state index in [9.17, 15) is 0 Å². The van der Waals surface area contributed by atoms with E-state index >= 15 is 0 Å². The van der Waals surface area contributed by atoms with Crippen LogP contribution in [0, 0.1) is 6.33 Å². The third-order valence-corrected chi connectivity index (χ3v) is 2.38. The van der Waals surface area contributed by atoms with Gasteiger partial charge in [0.05, 0.1) is 25.3 Å². The van der Waals surface area contributed by atoms with E-state index < -0.39 is 0 Å². The van der Waals surface area contributed by atoms with E-state index in [4.69, 9.17) is 9.47 Å².